The number of benzene rings is 2. The van der Waals surface area contributed by atoms with Crippen molar-refractivity contribution in [3.05, 3.63) is 64.2 Å². The van der Waals surface area contributed by atoms with Gasteiger partial charge in [0, 0.05) is 18.7 Å². The molecule has 0 bridgehead atoms. The summed E-state index contributed by atoms with van der Waals surface area (Å²) in [4.78, 5) is 13.4. The molecule has 1 amide bonds. The Morgan fingerprint density at radius 2 is 1.71 bits per heavy atom. The third kappa shape index (κ3) is 4.55. The quantitative estimate of drug-likeness (QED) is 0.717. The second-order valence-electron chi connectivity index (χ2n) is 8.76. The molecule has 0 spiro atoms. The number of fused-ring (bicyclic) bond motifs is 1. The SMILES string of the molecule is CC[C@@H](NC(=O)c1cc(S(=O)(=O)N2CCCC2)ccc1C)c1ccc2c(c1)CCCC2. The summed E-state index contributed by atoms with van der Waals surface area (Å²) in [5.41, 5.74) is 5.14. The highest BCUT2D eigenvalue weighted by molar-refractivity contribution is 7.89. The first-order valence-corrected chi connectivity index (χ1v) is 12.9. The number of carbonyl (C=O) groups excluding carboxylic acids is 1. The van der Waals surface area contributed by atoms with E-state index in [1.54, 1.807) is 12.1 Å². The maximum Gasteiger partial charge on any atom is 0.252 e. The molecule has 1 N–H and O–H groups in total. The van der Waals surface area contributed by atoms with Crippen LogP contribution in [0.5, 0.6) is 0 Å². The van der Waals surface area contributed by atoms with Crippen LogP contribution in [-0.2, 0) is 22.9 Å². The maximum atomic E-state index is 13.2. The van der Waals surface area contributed by atoms with Gasteiger partial charge in [0.15, 0.2) is 0 Å². The number of carbonyl (C=O) groups is 1. The van der Waals surface area contributed by atoms with Gasteiger partial charge in [-0.2, -0.15) is 4.31 Å². The van der Waals surface area contributed by atoms with Crippen LogP contribution >= 0.6 is 0 Å². The van der Waals surface area contributed by atoms with E-state index in [2.05, 4.69) is 30.4 Å². The molecule has 0 saturated carbocycles. The smallest absolute Gasteiger partial charge is 0.252 e. The van der Waals surface area contributed by atoms with Crippen molar-refractivity contribution in [1.82, 2.24) is 9.62 Å². The Balaban J connectivity index is 1.57. The van der Waals surface area contributed by atoms with Crippen LogP contribution in [0, 0.1) is 6.92 Å². The highest BCUT2D eigenvalue weighted by Crippen LogP contribution is 2.27. The van der Waals surface area contributed by atoms with E-state index >= 15 is 0 Å². The summed E-state index contributed by atoms with van der Waals surface area (Å²) < 4.78 is 27.4. The van der Waals surface area contributed by atoms with Crippen LogP contribution in [0.25, 0.3) is 0 Å². The van der Waals surface area contributed by atoms with E-state index in [0.717, 1.165) is 43.2 Å². The molecule has 1 aliphatic carbocycles. The summed E-state index contributed by atoms with van der Waals surface area (Å²) in [6.45, 7) is 5.01. The van der Waals surface area contributed by atoms with Crippen LogP contribution in [0.15, 0.2) is 41.3 Å². The second-order valence-corrected chi connectivity index (χ2v) is 10.7. The number of sulfonamides is 1. The van der Waals surface area contributed by atoms with Crippen LogP contribution < -0.4 is 5.32 Å². The molecule has 1 saturated heterocycles. The van der Waals surface area contributed by atoms with E-state index in [9.17, 15) is 13.2 Å². The fourth-order valence-electron chi connectivity index (χ4n) is 4.71. The number of aryl methyl sites for hydroxylation is 3. The summed E-state index contributed by atoms with van der Waals surface area (Å²) in [6.07, 6.45) is 7.25. The third-order valence-corrected chi connectivity index (χ3v) is 8.54. The summed E-state index contributed by atoms with van der Waals surface area (Å²) in [6, 6.07) is 11.4. The lowest BCUT2D eigenvalue weighted by Crippen LogP contribution is -2.30. The summed E-state index contributed by atoms with van der Waals surface area (Å²) in [7, 11) is -3.55. The van der Waals surface area contributed by atoms with Crippen molar-refractivity contribution in [2.45, 2.75) is 69.7 Å². The first kappa shape index (κ1) is 22.0. The van der Waals surface area contributed by atoms with E-state index in [1.165, 1.54) is 34.3 Å². The van der Waals surface area contributed by atoms with Crippen molar-refractivity contribution in [1.29, 1.82) is 0 Å². The fraction of sp³-hybridized carbons (Fsp3) is 0.480. The van der Waals surface area contributed by atoms with Gasteiger partial charge in [0.2, 0.25) is 10.0 Å². The lowest BCUT2D eigenvalue weighted by Gasteiger charge is -2.22. The molecule has 2 aromatic carbocycles. The topological polar surface area (TPSA) is 66.5 Å². The molecule has 0 aromatic heterocycles. The number of rotatable bonds is 6. The molecule has 0 radical (unpaired) electrons. The van der Waals surface area contributed by atoms with Crippen LogP contribution in [0.1, 0.15) is 77.7 Å². The molecule has 1 heterocycles. The summed E-state index contributed by atoms with van der Waals surface area (Å²) in [5.74, 6) is -0.222. The van der Waals surface area contributed by atoms with E-state index in [-0.39, 0.29) is 16.8 Å². The number of amides is 1. The Morgan fingerprint density at radius 3 is 2.42 bits per heavy atom. The van der Waals surface area contributed by atoms with Gasteiger partial charge >= 0.3 is 0 Å². The number of hydrogen-bond donors (Lipinski definition) is 1. The Bertz CT molecular complexity index is 1070. The molecule has 1 atom stereocenters. The lowest BCUT2D eigenvalue weighted by molar-refractivity contribution is 0.0934. The van der Waals surface area contributed by atoms with Crippen molar-refractivity contribution in [3.63, 3.8) is 0 Å². The minimum Gasteiger partial charge on any atom is -0.345 e. The number of nitrogens with zero attached hydrogens (tertiary/aromatic N) is 1. The van der Waals surface area contributed by atoms with Gasteiger partial charge in [-0.15, -0.1) is 0 Å². The van der Waals surface area contributed by atoms with E-state index in [4.69, 9.17) is 0 Å². The molecule has 166 valence electrons. The standard InChI is InChI=1S/C25H32N2O3S/c1-3-24(21-12-11-19-8-4-5-9-20(19)16-21)26-25(28)23-17-22(13-10-18(23)2)31(29,30)27-14-6-7-15-27/h10-13,16-17,24H,3-9,14-15H2,1-2H3,(H,26,28)/t24-/m1/s1. The molecule has 31 heavy (non-hydrogen) atoms. The molecule has 2 aliphatic rings. The van der Waals surface area contributed by atoms with E-state index in [1.807, 2.05) is 6.92 Å². The van der Waals surface area contributed by atoms with Crippen molar-refractivity contribution in [3.8, 4) is 0 Å². The largest absolute Gasteiger partial charge is 0.345 e. The first-order chi connectivity index (χ1) is 14.9. The van der Waals surface area contributed by atoms with Gasteiger partial charge in [0.25, 0.3) is 5.91 Å². The van der Waals surface area contributed by atoms with Crippen molar-refractivity contribution < 1.29 is 13.2 Å². The van der Waals surface area contributed by atoms with Gasteiger partial charge in [0.05, 0.1) is 10.9 Å². The Kier molecular flexibility index (Phi) is 6.49. The monoisotopic (exact) mass is 440 g/mol. The zero-order chi connectivity index (χ0) is 22.0. The zero-order valence-corrected chi connectivity index (χ0v) is 19.3. The number of nitrogens with one attached hydrogen (secondary N) is 1. The summed E-state index contributed by atoms with van der Waals surface area (Å²) in [5, 5.41) is 3.15. The molecular weight excluding hydrogens is 408 g/mol. The van der Waals surface area contributed by atoms with E-state index < -0.39 is 10.0 Å². The molecule has 1 aliphatic heterocycles. The zero-order valence-electron chi connectivity index (χ0n) is 18.5. The van der Waals surface area contributed by atoms with Crippen LogP contribution in [0.3, 0.4) is 0 Å². The Morgan fingerprint density at radius 1 is 1.00 bits per heavy atom. The van der Waals surface area contributed by atoms with Crippen LogP contribution in [0.4, 0.5) is 0 Å². The summed E-state index contributed by atoms with van der Waals surface area (Å²) >= 11 is 0. The highest BCUT2D eigenvalue weighted by atomic mass is 32.2. The van der Waals surface area contributed by atoms with Crippen LogP contribution in [0.2, 0.25) is 0 Å². The van der Waals surface area contributed by atoms with Crippen molar-refractivity contribution in [2.75, 3.05) is 13.1 Å². The fourth-order valence-corrected chi connectivity index (χ4v) is 6.25. The minimum atomic E-state index is -3.55. The molecule has 0 unspecified atom stereocenters. The predicted molar refractivity (Wildman–Crippen MR) is 123 cm³/mol. The van der Waals surface area contributed by atoms with Gasteiger partial charge in [-0.3, -0.25) is 4.79 Å². The van der Waals surface area contributed by atoms with Gasteiger partial charge in [-0.05, 0) is 86.3 Å². The first-order valence-electron chi connectivity index (χ1n) is 11.4. The Labute approximate surface area is 185 Å². The normalized spacial score (nSPS) is 17.9. The van der Waals surface area contributed by atoms with Crippen molar-refractivity contribution >= 4 is 15.9 Å². The molecule has 1 fully saturated rings. The molecule has 4 rings (SSSR count). The minimum absolute atomic E-state index is 0.0991. The number of hydrogen-bond acceptors (Lipinski definition) is 3. The van der Waals surface area contributed by atoms with Gasteiger partial charge < -0.3 is 5.32 Å². The van der Waals surface area contributed by atoms with Gasteiger partial charge in [-0.25, -0.2) is 8.42 Å². The lowest BCUT2D eigenvalue weighted by atomic mass is 9.88. The molecule has 6 heteroatoms. The maximum absolute atomic E-state index is 13.2. The van der Waals surface area contributed by atoms with Crippen LogP contribution in [-0.4, -0.2) is 31.7 Å². The predicted octanol–water partition coefficient (Wildman–Crippen LogP) is 4.54. The second kappa shape index (κ2) is 9.13. The molecule has 2 aromatic rings. The van der Waals surface area contributed by atoms with Gasteiger partial charge in [-0.1, -0.05) is 31.2 Å². The average molecular weight is 441 g/mol. The Hall–Kier alpha value is -2.18. The highest BCUT2D eigenvalue weighted by Gasteiger charge is 2.28. The van der Waals surface area contributed by atoms with Crippen molar-refractivity contribution in [2.24, 2.45) is 0 Å². The van der Waals surface area contributed by atoms with Gasteiger partial charge in [0.1, 0.15) is 0 Å². The molecular formula is C25H32N2O3S. The molecule has 5 nitrogen and oxygen atoms in total. The average Bonchev–Trinajstić information content (AvgIpc) is 3.33. The van der Waals surface area contributed by atoms with E-state index in [0.29, 0.717) is 18.7 Å². The third-order valence-electron chi connectivity index (χ3n) is 6.64.